The molecule has 0 aliphatic heterocycles. The summed E-state index contributed by atoms with van der Waals surface area (Å²) in [5.74, 6) is 0.577. The maximum atomic E-state index is 10.2. The molecule has 0 bridgehead atoms. The van der Waals surface area contributed by atoms with E-state index in [9.17, 15) is 5.11 Å². The molecule has 27 heavy (non-hydrogen) atoms. The molecule has 3 aromatic heterocycles. The summed E-state index contributed by atoms with van der Waals surface area (Å²) in [5, 5.41) is 18.4. The summed E-state index contributed by atoms with van der Waals surface area (Å²) < 4.78 is 10.5. The molecule has 0 atom stereocenters. The molecule has 0 unspecified atom stereocenters. The predicted octanol–water partition coefficient (Wildman–Crippen LogP) is 3.72. The predicted molar refractivity (Wildman–Crippen MR) is 102 cm³/mol. The second kappa shape index (κ2) is 6.60. The van der Waals surface area contributed by atoms with Gasteiger partial charge in [0, 0.05) is 34.6 Å². The number of nitrogens with zero attached hydrogens (tertiary/aromatic N) is 3. The van der Waals surface area contributed by atoms with Crippen LogP contribution >= 0.6 is 0 Å². The SMILES string of the molecule is COc1cc(-c2cc(-c3cccnc3)c3c(C)[nH]nc3n2)cc(OC)c1O. The Balaban J connectivity index is 1.99. The Bertz CT molecular complexity index is 1100. The Morgan fingerprint density at radius 2 is 1.78 bits per heavy atom. The zero-order valence-electron chi connectivity index (χ0n) is 15.1. The number of pyridine rings is 2. The van der Waals surface area contributed by atoms with E-state index in [1.165, 1.54) is 14.2 Å². The number of ether oxygens (including phenoxy) is 2. The number of phenols is 1. The molecular formula is C20H18N4O3. The zero-order valence-corrected chi connectivity index (χ0v) is 15.1. The summed E-state index contributed by atoms with van der Waals surface area (Å²) in [7, 11) is 2.99. The number of aromatic amines is 1. The number of rotatable bonds is 4. The summed E-state index contributed by atoms with van der Waals surface area (Å²) in [6.07, 6.45) is 3.55. The number of hydrogen-bond donors (Lipinski definition) is 2. The monoisotopic (exact) mass is 362 g/mol. The first kappa shape index (κ1) is 16.8. The van der Waals surface area contributed by atoms with Gasteiger partial charge >= 0.3 is 0 Å². The lowest BCUT2D eigenvalue weighted by Gasteiger charge is -2.12. The number of benzene rings is 1. The molecule has 4 rings (SSSR count). The third-order valence-corrected chi connectivity index (χ3v) is 4.45. The molecule has 0 fully saturated rings. The van der Waals surface area contributed by atoms with Crippen molar-refractivity contribution in [3.63, 3.8) is 0 Å². The van der Waals surface area contributed by atoms with Gasteiger partial charge in [0.05, 0.1) is 19.9 Å². The third-order valence-electron chi connectivity index (χ3n) is 4.45. The van der Waals surface area contributed by atoms with Crippen LogP contribution in [0.1, 0.15) is 5.69 Å². The van der Waals surface area contributed by atoms with Crippen LogP contribution in [0.3, 0.4) is 0 Å². The van der Waals surface area contributed by atoms with Crippen LogP contribution in [0.25, 0.3) is 33.4 Å². The van der Waals surface area contributed by atoms with Gasteiger partial charge in [-0.3, -0.25) is 10.1 Å². The van der Waals surface area contributed by atoms with Crippen molar-refractivity contribution in [2.75, 3.05) is 14.2 Å². The quantitative estimate of drug-likeness (QED) is 0.575. The minimum Gasteiger partial charge on any atom is -0.502 e. The van der Waals surface area contributed by atoms with E-state index in [0.29, 0.717) is 22.8 Å². The number of methoxy groups -OCH3 is 2. The van der Waals surface area contributed by atoms with E-state index < -0.39 is 0 Å². The average molecular weight is 362 g/mol. The number of phenolic OH excluding ortho intramolecular Hbond substituents is 1. The van der Waals surface area contributed by atoms with E-state index >= 15 is 0 Å². The molecule has 2 N–H and O–H groups in total. The number of aromatic hydroxyl groups is 1. The van der Waals surface area contributed by atoms with E-state index in [0.717, 1.165) is 27.8 Å². The van der Waals surface area contributed by atoms with Crippen LogP contribution in [0.2, 0.25) is 0 Å². The fourth-order valence-electron chi connectivity index (χ4n) is 3.11. The Morgan fingerprint density at radius 3 is 2.41 bits per heavy atom. The first-order valence-corrected chi connectivity index (χ1v) is 8.34. The van der Waals surface area contributed by atoms with Crippen molar-refractivity contribution in [2.24, 2.45) is 0 Å². The third kappa shape index (κ3) is 2.83. The minimum absolute atomic E-state index is 0.0482. The highest BCUT2D eigenvalue weighted by molar-refractivity contribution is 5.96. The maximum Gasteiger partial charge on any atom is 0.200 e. The molecule has 7 nitrogen and oxygen atoms in total. The molecule has 7 heteroatoms. The van der Waals surface area contributed by atoms with Gasteiger partial charge in [-0.2, -0.15) is 5.10 Å². The number of aromatic nitrogens is 4. The highest BCUT2D eigenvalue weighted by Crippen LogP contribution is 2.41. The first-order valence-electron chi connectivity index (χ1n) is 8.34. The van der Waals surface area contributed by atoms with Gasteiger partial charge in [-0.25, -0.2) is 4.98 Å². The van der Waals surface area contributed by atoms with Crippen molar-refractivity contribution in [1.29, 1.82) is 0 Å². The van der Waals surface area contributed by atoms with E-state index in [1.54, 1.807) is 18.3 Å². The molecule has 1 aromatic carbocycles. The molecule has 3 heterocycles. The number of hydrogen-bond acceptors (Lipinski definition) is 6. The minimum atomic E-state index is -0.0482. The Labute approximate surface area is 155 Å². The van der Waals surface area contributed by atoms with Crippen molar-refractivity contribution in [3.05, 3.63) is 48.4 Å². The van der Waals surface area contributed by atoms with Crippen LogP contribution in [0.5, 0.6) is 17.2 Å². The standard InChI is InChI=1S/C20H18N4O3/c1-11-18-14(12-5-4-6-21-10-12)9-15(22-20(18)24-23-11)13-7-16(26-2)19(25)17(8-13)27-3/h4-10,25H,1-3H3,(H,22,23,24). The van der Waals surface area contributed by atoms with Crippen molar-refractivity contribution in [1.82, 2.24) is 20.2 Å². The molecule has 4 aromatic rings. The topological polar surface area (TPSA) is 93.2 Å². The van der Waals surface area contributed by atoms with E-state index in [2.05, 4.69) is 20.2 Å². The van der Waals surface area contributed by atoms with E-state index in [4.69, 9.17) is 9.47 Å². The molecular weight excluding hydrogens is 344 g/mol. The molecule has 0 aliphatic rings. The van der Waals surface area contributed by atoms with Crippen molar-refractivity contribution < 1.29 is 14.6 Å². The number of nitrogens with one attached hydrogen (secondary N) is 1. The van der Waals surface area contributed by atoms with Crippen LogP contribution in [0.15, 0.2) is 42.7 Å². The number of H-pyrrole nitrogens is 1. The van der Waals surface area contributed by atoms with Gasteiger partial charge in [-0.15, -0.1) is 0 Å². The van der Waals surface area contributed by atoms with Crippen LogP contribution in [0, 0.1) is 6.92 Å². The van der Waals surface area contributed by atoms with Gasteiger partial charge in [0.1, 0.15) is 0 Å². The summed E-state index contributed by atoms with van der Waals surface area (Å²) in [6, 6.07) is 9.31. The van der Waals surface area contributed by atoms with Crippen LogP contribution in [-0.4, -0.2) is 39.5 Å². The molecule has 0 spiro atoms. The largest absolute Gasteiger partial charge is 0.502 e. The number of fused-ring (bicyclic) bond motifs is 1. The van der Waals surface area contributed by atoms with E-state index in [1.807, 2.05) is 31.3 Å². The fraction of sp³-hybridized carbons (Fsp3) is 0.150. The smallest absolute Gasteiger partial charge is 0.200 e. The van der Waals surface area contributed by atoms with Crippen molar-refractivity contribution >= 4 is 11.0 Å². The summed E-state index contributed by atoms with van der Waals surface area (Å²) in [6.45, 7) is 1.96. The lowest BCUT2D eigenvalue weighted by Crippen LogP contribution is -1.93. The van der Waals surface area contributed by atoms with Crippen LogP contribution < -0.4 is 9.47 Å². The zero-order chi connectivity index (χ0) is 19.0. The molecule has 0 saturated heterocycles. The Kier molecular flexibility index (Phi) is 4.12. The summed E-state index contributed by atoms with van der Waals surface area (Å²) >= 11 is 0. The lowest BCUT2D eigenvalue weighted by molar-refractivity contribution is 0.340. The van der Waals surface area contributed by atoms with Gasteiger partial charge in [-0.05, 0) is 36.8 Å². The molecule has 0 amide bonds. The van der Waals surface area contributed by atoms with Crippen LogP contribution in [-0.2, 0) is 0 Å². The molecule has 0 radical (unpaired) electrons. The Hall–Kier alpha value is -3.61. The maximum absolute atomic E-state index is 10.2. The highest BCUT2D eigenvalue weighted by Gasteiger charge is 2.17. The summed E-state index contributed by atoms with van der Waals surface area (Å²) in [5.41, 5.74) is 4.91. The lowest BCUT2D eigenvalue weighted by atomic mass is 10.0. The van der Waals surface area contributed by atoms with Gasteiger partial charge in [-0.1, -0.05) is 6.07 Å². The molecule has 0 aliphatic carbocycles. The Morgan fingerprint density at radius 1 is 1.04 bits per heavy atom. The first-order chi connectivity index (χ1) is 13.1. The second-order valence-electron chi connectivity index (χ2n) is 6.07. The highest BCUT2D eigenvalue weighted by atomic mass is 16.5. The summed E-state index contributed by atoms with van der Waals surface area (Å²) in [4.78, 5) is 8.90. The number of aryl methyl sites for hydroxylation is 1. The van der Waals surface area contributed by atoms with Gasteiger partial charge < -0.3 is 14.6 Å². The van der Waals surface area contributed by atoms with Crippen molar-refractivity contribution in [2.45, 2.75) is 6.92 Å². The normalized spacial score (nSPS) is 10.9. The molecule has 0 saturated carbocycles. The van der Waals surface area contributed by atoms with Crippen LogP contribution in [0.4, 0.5) is 0 Å². The van der Waals surface area contributed by atoms with Gasteiger partial charge in [0.25, 0.3) is 0 Å². The van der Waals surface area contributed by atoms with E-state index in [-0.39, 0.29) is 5.75 Å². The van der Waals surface area contributed by atoms with Gasteiger partial charge in [0.2, 0.25) is 5.75 Å². The average Bonchev–Trinajstić information content (AvgIpc) is 3.09. The second-order valence-corrected chi connectivity index (χ2v) is 6.07. The van der Waals surface area contributed by atoms with Crippen molar-refractivity contribution in [3.8, 4) is 39.6 Å². The van der Waals surface area contributed by atoms with Gasteiger partial charge in [0.15, 0.2) is 17.1 Å². The molecule has 136 valence electrons. The fourth-order valence-corrected chi connectivity index (χ4v) is 3.11.